The lowest BCUT2D eigenvalue weighted by atomic mass is 10.1. The number of benzene rings is 2. The molecular weight excluding hydrogens is 284 g/mol. The van der Waals surface area contributed by atoms with Crippen LogP contribution in [0.4, 0.5) is 5.69 Å². The second-order valence-corrected chi connectivity index (χ2v) is 5.51. The maximum Gasteiger partial charge on any atom is 0.222 e. The Hall–Kier alpha value is -2.00. The third kappa shape index (κ3) is 4.50. The van der Waals surface area contributed by atoms with Gasteiger partial charge in [0.05, 0.1) is 0 Å². The molecule has 0 spiro atoms. The molecule has 2 aromatic rings. The van der Waals surface area contributed by atoms with E-state index >= 15 is 0 Å². The highest BCUT2D eigenvalue weighted by Crippen LogP contribution is 2.14. The largest absolute Gasteiger partial charge is 0.399 e. The van der Waals surface area contributed by atoms with Crippen LogP contribution in [0.2, 0.25) is 5.02 Å². The molecule has 0 bridgehead atoms. The van der Waals surface area contributed by atoms with Crippen LogP contribution in [0.5, 0.6) is 0 Å². The van der Waals surface area contributed by atoms with Crippen molar-refractivity contribution in [1.82, 2.24) is 4.90 Å². The van der Waals surface area contributed by atoms with Crippen molar-refractivity contribution < 1.29 is 4.79 Å². The number of para-hydroxylation sites is 1. The first-order valence-electron chi connectivity index (χ1n) is 6.88. The van der Waals surface area contributed by atoms with Gasteiger partial charge in [0.2, 0.25) is 5.91 Å². The summed E-state index contributed by atoms with van der Waals surface area (Å²) >= 11 is 5.85. The van der Waals surface area contributed by atoms with E-state index < -0.39 is 0 Å². The third-order valence-corrected chi connectivity index (χ3v) is 3.67. The van der Waals surface area contributed by atoms with Crippen LogP contribution in [0, 0.1) is 0 Å². The van der Waals surface area contributed by atoms with E-state index in [9.17, 15) is 4.79 Å². The number of halogens is 1. The fourth-order valence-electron chi connectivity index (χ4n) is 2.15. The van der Waals surface area contributed by atoms with Crippen molar-refractivity contribution in [2.24, 2.45) is 0 Å². The SMILES string of the molecule is CN(Cc1ccc(Cl)cc1)C(=O)CCc1ccccc1N. The number of hydrogen-bond acceptors (Lipinski definition) is 2. The summed E-state index contributed by atoms with van der Waals surface area (Å²) in [7, 11) is 1.81. The Bertz CT molecular complexity index is 610. The smallest absolute Gasteiger partial charge is 0.222 e. The topological polar surface area (TPSA) is 46.3 Å². The van der Waals surface area contributed by atoms with Crippen LogP contribution in [0.1, 0.15) is 17.5 Å². The minimum atomic E-state index is 0.105. The normalized spacial score (nSPS) is 10.4. The number of aryl methyl sites for hydroxylation is 1. The lowest BCUT2D eigenvalue weighted by Gasteiger charge is -2.17. The van der Waals surface area contributed by atoms with E-state index in [2.05, 4.69) is 0 Å². The van der Waals surface area contributed by atoms with Crippen molar-refractivity contribution in [2.45, 2.75) is 19.4 Å². The van der Waals surface area contributed by atoms with Crippen molar-refractivity contribution in [3.63, 3.8) is 0 Å². The van der Waals surface area contributed by atoms with Gasteiger partial charge in [-0.3, -0.25) is 4.79 Å². The molecule has 4 heteroatoms. The minimum Gasteiger partial charge on any atom is -0.399 e. The molecule has 0 fully saturated rings. The molecule has 21 heavy (non-hydrogen) atoms. The minimum absolute atomic E-state index is 0.105. The number of nitrogens with zero attached hydrogens (tertiary/aromatic N) is 1. The number of anilines is 1. The quantitative estimate of drug-likeness (QED) is 0.859. The van der Waals surface area contributed by atoms with Gasteiger partial charge < -0.3 is 10.6 Å². The van der Waals surface area contributed by atoms with E-state index in [0.29, 0.717) is 24.4 Å². The number of carbonyl (C=O) groups excluding carboxylic acids is 1. The first-order valence-corrected chi connectivity index (χ1v) is 7.26. The molecule has 2 N–H and O–H groups in total. The number of carbonyl (C=O) groups is 1. The van der Waals surface area contributed by atoms with Gasteiger partial charge in [-0.05, 0) is 35.7 Å². The van der Waals surface area contributed by atoms with Gasteiger partial charge in [0.15, 0.2) is 0 Å². The van der Waals surface area contributed by atoms with Gasteiger partial charge in [0.1, 0.15) is 0 Å². The van der Waals surface area contributed by atoms with Gasteiger partial charge >= 0.3 is 0 Å². The third-order valence-electron chi connectivity index (χ3n) is 3.42. The molecule has 0 atom stereocenters. The summed E-state index contributed by atoms with van der Waals surface area (Å²) in [5.74, 6) is 0.105. The summed E-state index contributed by atoms with van der Waals surface area (Å²) in [5, 5.41) is 0.701. The van der Waals surface area contributed by atoms with Gasteiger partial charge in [-0.15, -0.1) is 0 Å². The number of hydrogen-bond donors (Lipinski definition) is 1. The van der Waals surface area contributed by atoms with Crippen molar-refractivity contribution in [3.05, 3.63) is 64.7 Å². The van der Waals surface area contributed by atoms with Crippen molar-refractivity contribution in [3.8, 4) is 0 Å². The van der Waals surface area contributed by atoms with Gasteiger partial charge in [-0.1, -0.05) is 41.9 Å². The first kappa shape index (κ1) is 15.4. The number of nitrogen functional groups attached to an aromatic ring is 1. The summed E-state index contributed by atoms with van der Waals surface area (Å²) in [6, 6.07) is 15.2. The van der Waals surface area contributed by atoms with Crippen LogP contribution in [0.15, 0.2) is 48.5 Å². The Morgan fingerprint density at radius 2 is 1.81 bits per heavy atom. The lowest BCUT2D eigenvalue weighted by molar-refractivity contribution is -0.130. The van der Waals surface area contributed by atoms with E-state index in [0.717, 1.165) is 16.8 Å². The van der Waals surface area contributed by atoms with Gasteiger partial charge in [-0.25, -0.2) is 0 Å². The molecule has 0 aromatic heterocycles. The molecule has 0 radical (unpaired) electrons. The fourth-order valence-corrected chi connectivity index (χ4v) is 2.27. The molecule has 2 rings (SSSR count). The van der Waals surface area contributed by atoms with Crippen LogP contribution < -0.4 is 5.73 Å². The highest BCUT2D eigenvalue weighted by Gasteiger charge is 2.10. The lowest BCUT2D eigenvalue weighted by Crippen LogP contribution is -2.26. The summed E-state index contributed by atoms with van der Waals surface area (Å²) < 4.78 is 0. The van der Waals surface area contributed by atoms with E-state index in [1.165, 1.54) is 0 Å². The Morgan fingerprint density at radius 1 is 1.14 bits per heavy atom. The van der Waals surface area contributed by atoms with Gasteiger partial charge in [-0.2, -0.15) is 0 Å². The van der Waals surface area contributed by atoms with Gasteiger partial charge in [0, 0.05) is 30.7 Å². The van der Waals surface area contributed by atoms with Crippen LogP contribution in [0.25, 0.3) is 0 Å². The Labute approximate surface area is 130 Å². The van der Waals surface area contributed by atoms with Crippen molar-refractivity contribution >= 4 is 23.2 Å². The average Bonchev–Trinajstić information content (AvgIpc) is 2.48. The molecule has 3 nitrogen and oxygen atoms in total. The van der Waals surface area contributed by atoms with E-state index in [1.807, 2.05) is 55.6 Å². The number of rotatable bonds is 5. The molecule has 2 aromatic carbocycles. The second kappa shape index (κ2) is 7.14. The predicted molar refractivity (Wildman–Crippen MR) is 87.1 cm³/mol. The zero-order valence-corrected chi connectivity index (χ0v) is 12.8. The second-order valence-electron chi connectivity index (χ2n) is 5.08. The highest BCUT2D eigenvalue weighted by atomic mass is 35.5. The van der Waals surface area contributed by atoms with E-state index in [1.54, 1.807) is 4.90 Å². The standard InChI is InChI=1S/C17H19ClN2O/c1-20(12-13-6-9-15(18)10-7-13)17(21)11-8-14-4-2-3-5-16(14)19/h2-7,9-10H,8,11-12,19H2,1H3. The Kier molecular flexibility index (Phi) is 5.23. The number of nitrogens with two attached hydrogens (primary N) is 1. The van der Waals surface area contributed by atoms with Crippen LogP contribution in [-0.4, -0.2) is 17.9 Å². The van der Waals surface area contributed by atoms with Crippen LogP contribution >= 0.6 is 11.6 Å². The summed E-state index contributed by atoms with van der Waals surface area (Å²) in [5.41, 5.74) is 8.71. The zero-order valence-electron chi connectivity index (χ0n) is 12.1. The summed E-state index contributed by atoms with van der Waals surface area (Å²) in [4.78, 5) is 13.9. The maximum atomic E-state index is 12.2. The number of amides is 1. The van der Waals surface area contributed by atoms with Crippen LogP contribution in [-0.2, 0) is 17.8 Å². The molecule has 0 heterocycles. The molecule has 0 aliphatic rings. The van der Waals surface area contributed by atoms with Gasteiger partial charge in [0.25, 0.3) is 0 Å². The highest BCUT2D eigenvalue weighted by molar-refractivity contribution is 6.30. The molecule has 0 aliphatic carbocycles. The van der Waals surface area contributed by atoms with Crippen molar-refractivity contribution in [2.75, 3.05) is 12.8 Å². The Balaban J connectivity index is 1.88. The summed E-state index contributed by atoms with van der Waals surface area (Å²) in [6.45, 7) is 0.584. The zero-order chi connectivity index (χ0) is 15.2. The monoisotopic (exact) mass is 302 g/mol. The molecule has 0 aliphatic heterocycles. The Morgan fingerprint density at radius 3 is 2.48 bits per heavy atom. The predicted octanol–water partition coefficient (Wildman–Crippen LogP) is 3.51. The first-order chi connectivity index (χ1) is 10.1. The fraction of sp³-hybridized carbons (Fsp3) is 0.235. The molecule has 0 saturated heterocycles. The van der Waals surface area contributed by atoms with E-state index in [4.69, 9.17) is 17.3 Å². The van der Waals surface area contributed by atoms with Crippen molar-refractivity contribution in [1.29, 1.82) is 0 Å². The molecule has 1 amide bonds. The molecule has 110 valence electrons. The van der Waals surface area contributed by atoms with Crippen LogP contribution in [0.3, 0.4) is 0 Å². The molecular formula is C17H19ClN2O. The molecule has 0 unspecified atom stereocenters. The van der Waals surface area contributed by atoms with E-state index in [-0.39, 0.29) is 5.91 Å². The molecule has 0 saturated carbocycles. The summed E-state index contributed by atoms with van der Waals surface area (Å²) in [6.07, 6.45) is 1.12. The average molecular weight is 303 g/mol. The maximum absolute atomic E-state index is 12.2.